The van der Waals surface area contributed by atoms with Gasteiger partial charge in [-0.15, -0.1) is 0 Å². The number of anilines is 2. The molecule has 1 aliphatic heterocycles. The Kier molecular flexibility index (Phi) is 5.17. The molecule has 2 amide bonds. The Morgan fingerprint density at radius 1 is 1.15 bits per heavy atom. The van der Waals surface area contributed by atoms with Crippen LogP contribution in [0.25, 0.3) is 0 Å². The Morgan fingerprint density at radius 2 is 1.88 bits per heavy atom. The Hall–Kier alpha value is -3.35. The number of hydrogen-bond donors (Lipinski definition) is 1. The maximum Gasteiger partial charge on any atom is 0.337 e. The molecule has 7 heteroatoms. The molecule has 0 saturated carbocycles. The molecule has 0 spiro atoms. The van der Waals surface area contributed by atoms with Crippen molar-refractivity contribution in [1.82, 2.24) is 0 Å². The number of amides is 2. The molecule has 1 N–H and O–H groups in total. The van der Waals surface area contributed by atoms with Gasteiger partial charge in [0.15, 0.2) is 0 Å². The Morgan fingerprint density at radius 3 is 2.62 bits per heavy atom. The number of carbonyl (C=O) groups is 3. The summed E-state index contributed by atoms with van der Waals surface area (Å²) in [5.74, 6) is -0.393. The van der Waals surface area contributed by atoms with Crippen LogP contribution in [0.5, 0.6) is 5.75 Å². The minimum Gasteiger partial charge on any atom is -0.491 e. The first-order valence-electron chi connectivity index (χ1n) is 8.09. The van der Waals surface area contributed by atoms with Crippen LogP contribution in [0.1, 0.15) is 16.8 Å². The normalized spacial score (nSPS) is 13.3. The first-order valence-corrected chi connectivity index (χ1v) is 8.09. The molecular weight excluding hydrogens is 336 g/mol. The van der Waals surface area contributed by atoms with Gasteiger partial charge in [0, 0.05) is 5.69 Å². The lowest BCUT2D eigenvalue weighted by Crippen LogP contribution is -2.37. The van der Waals surface area contributed by atoms with Gasteiger partial charge in [0.2, 0.25) is 11.8 Å². The lowest BCUT2D eigenvalue weighted by molar-refractivity contribution is -0.121. The highest BCUT2D eigenvalue weighted by atomic mass is 16.5. The number of benzene rings is 2. The van der Waals surface area contributed by atoms with Crippen molar-refractivity contribution in [3.8, 4) is 5.75 Å². The lowest BCUT2D eigenvalue weighted by atomic mass is 10.2. The minimum atomic E-state index is -0.449. The first-order chi connectivity index (χ1) is 12.6. The van der Waals surface area contributed by atoms with E-state index in [1.165, 1.54) is 12.0 Å². The van der Waals surface area contributed by atoms with Crippen LogP contribution in [-0.2, 0) is 14.3 Å². The van der Waals surface area contributed by atoms with E-state index in [0.717, 1.165) is 0 Å². The van der Waals surface area contributed by atoms with Crippen LogP contribution in [0.15, 0.2) is 48.5 Å². The number of esters is 1. The van der Waals surface area contributed by atoms with E-state index in [1.807, 2.05) is 6.07 Å². The summed E-state index contributed by atoms with van der Waals surface area (Å²) in [5.41, 5.74) is 1.49. The lowest BCUT2D eigenvalue weighted by Gasteiger charge is -2.21. The Bertz CT molecular complexity index is 832. The minimum absolute atomic E-state index is 0.127. The van der Waals surface area contributed by atoms with Crippen LogP contribution >= 0.6 is 0 Å². The highest BCUT2D eigenvalue weighted by Crippen LogP contribution is 2.30. The second-order valence-corrected chi connectivity index (χ2v) is 5.66. The van der Waals surface area contributed by atoms with Gasteiger partial charge >= 0.3 is 5.97 Å². The van der Waals surface area contributed by atoms with Gasteiger partial charge in [0.1, 0.15) is 12.3 Å². The third-order valence-electron chi connectivity index (χ3n) is 3.92. The largest absolute Gasteiger partial charge is 0.491 e. The smallest absolute Gasteiger partial charge is 0.337 e. The molecule has 2 aromatic carbocycles. The zero-order valence-corrected chi connectivity index (χ0v) is 14.2. The van der Waals surface area contributed by atoms with Crippen LogP contribution in [0, 0.1) is 0 Å². The molecule has 134 valence electrons. The molecular formula is C19H18N2O5. The summed E-state index contributed by atoms with van der Waals surface area (Å²) >= 11 is 0. The second-order valence-electron chi connectivity index (χ2n) is 5.66. The number of nitrogens with zero attached hydrogens (tertiary/aromatic N) is 1. The molecule has 1 heterocycles. The number of nitrogens with one attached hydrogen (secondary N) is 1. The fraction of sp³-hybridized carbons (Fsp3) is 0.211. The van der Waals surface area contributed by atoms with Gasteiger partial charge in [-0.2, -0.15) is 0 Å². The van der Waals surface area contributed by atoms with Gasteiger partial charge in [0.25, 0.3) is 0 Å². The van der Waals surface area contributed by atoms with E-state index in [-0.39, 0.29) is 31.4 Å². The third-order valence-corrected chi connectivity index (χ3v) is 3.92. The molecule has 0 aromatic heterocycles. The summed E-state index contributed by atoms with van der Waals surface area (Å²) in [6.07, 6.45) is 0.204. The average Bonchev–Trinajstić information content (AvgIpc) is 2.81. The van der Waals surface area contributed by atoms with Crippen molar-refractivity contribution >= 4 is 29.2 Å². The van der Waals surface area contributed by atoms with Crippen LogP contribution in [0.4, 0.5) is 11.4 Å². The van der Waals surface area contributed by atoms with Crippen LogP contribution in [0.3, 0.4) is 0 Å². The predicted octanol–water partition coefficient (Wildman–Crippen LogP) is 2.23. The SMILES string of the molecule is COC(=O)c1ccc(NC(=O)CN2C(=O)CCOc3ccccc32)cc1. The monoisotopic (exact) mass is 354 g/mol. The molecule has 0 bridgehead atoms. The fourth-order valence-electron chi connectivity index (χ4n) is 2.64. The molecule has 26 heavy (non-hydrogen) atoms. The van der Waals surface area contributed by atoms with Crippen molar-refractivity contribution in [3.63, 3.8) is 0 Å². The van der Waals surface area contributed by atoms with Gasteiger partial charge in [0.05, 0.1) is 31.4 Å². The van der Waals surface area contributed by atoms with Crippen LogP contribution in [0.2, 0.25) is 0 Å². The van der Waals surface area contributed by atoms with Gasteiger partial charge in [-0.3, -0.25) is 14.5 Å². The molecule has 2 aromatic rings. The molecule has 0 saturated heterocycles. The second kappa shape index (κ2) is 7.69. The first kappa shape index (κ1) is 17.5. The molecule has 0 fully saturated rings. The number of carbonyl (C=O) groups excluding carboxylic acids is 3. The molecule has 7 nitrogen and oxygen atoms in total. The van der Waals surface area contributed by atoms with Crippen molar-refractivity contribution in [2.75, 3.05) is 30.5 Å². The van der Waals surface area contributed by atoms with E-state index in [4.69, 9.17) is 4.74 Å². The van der Waals surface area contributed by atoms with Crippen molar-refractivity contribution < 1.29 is 23.9 Å². The number of para-hydroxylation sites is 2. The van der Waals surface area contributed by atoms with Crippen molar-refractivity contribution in [3.05, 3.63) is 54.1 Å². The van der Waals surface area contributed by atoms with E-state index in [1.54, 1.807) is 42.5 Å². The third kappa shape index (κ3) is 3.83. The van der Waals surface area contributed by atoms with E-state index in [0.29, 0.717) is 22.7 Å². The molecule has 0 unspecified atom stereocenters. The number of methoxy groups -OCH3 is 1. The van der Waals surface area contributed by atoms with Crippen LogP contribution < -0.4 is 15.0 Å². The van der Waals surface area contributed by atoms with E-state index >= 15 is 0 Å². The number of rotatable bonds is 4. The number of fused-ring (bicyclic) bond motifs is 1. The van der Waals surface area contributed by atoms with E-state index in [2.05, 4.69) is 10.1 Å². The molecule has 0 radical (unpaired) electrons. The highest BCUT2D eigenvalue weighted by molar-refractivity contribution is 6.03. The molecule has 1 aliphatic rings. The van der Waals surface area contributed by atoms with Crippen molar-refractivity contribution in [2.24, 2.45) is 0 Å². The highest BCUT2D eigenvalue weighted by Gasteiger charge is 2.25. The standard InChI is InChI=1S/C19H18N2O5/c1-25-19(24)13-6-8-14(9-7-13)20-17(22)12-21-15-4-2-3-5-16(15)26-11-10-18(21)23/h2-9H,10-12H2,1H3,(H,20,22). The molecule has 3 rings (SSSR count). The predicted molar refractivity (Wildman–Crippen MR) is 95.3 cm³/mol. The summed E-state index contributed by atoms with van der Waals surface area (Å²) < 4.78 is 10.2. The summed E-state index contributed by atoms with van der Waals surface area (Å²) in [5, 5.41) is 2.72. The quantitative estimate of drug-likeness (QED) is 0.851. The van der Waals surface area contributed by atoms with Crippen molar-refractivity contribution in [1.29, 1.82) is 0 Å². The maximum absolute atomic E-state index is 12.4. The van der Waals surface area contributed by atoms with Gasteiger partial charge in [-0.05, 0) is 36.4 Å². The number of hydrogen-bond acceptors (Lipinski definition) is 5. The summed E-state index contributed by atoms with van der Waals surface area (Å²) in [6.45, 7) is 0.154. The summed E-state index contributed by atoms with van der Waals surface area (Å²) in [7, 11) is 1.30. The Balaban J connectivity index is 1.71. The topological polar surface area (TPSA) is 84.9 Å². The molecule has 0 atom stereocenters. The number of ether oxygens (including phenoxy) is 2. The molecule has 0 aliphatic carbocycles. The zero-order chi connectivity index (χ0) is 18.5. The van der Waals surface area contributed by atoms with Gasteiger partial charge in [-0.1, -0.05) is 12.1 Å². The summed E-state index contributed by atoms with van der Waals surface area (Å²) in [4.78, 5) is 37.6. The van der Waals surface area contributed by atoms with E-state index < -0.39 is 5.97 Å². The average molecular weight is 354 g/mol. The van der Waals surface area contributed by atoms with E-state index in [9.17, 15) is 14.4 Å². The zero-order valence-electron chi connectivity index (χ0n) is 14.2. The van der Waals surface area contributed by atoms with Gasteiger partial charge < -0.3 is 14.8 Å². The van der Waals surface area contributed by atoms with Crippen LogP contribution in [-0.4, -0.2) is 38.0 Å². The fourth-order valence-corrected chi connectivity index (χ4v) is 2.64. The summed E-state index contributed by atoms with van der Waals surface area (Å²) in [6, 6.07) is 13.4. The van der Waals surface area contributed by atoms with Crippen molar-refractivity contribution in [2.45, 2.75) is 6.42 Å². The maximum atomic E-state index is 12.4. The Labute approximate surface area is 150 Å². The van der Waals surface area contributed by atoms with Gasteiger partial charge in [-0.25, -0.2) is 4.79 Å².